The third-order valence-electron chi connectivity index (χ3n) is 5.17. The maximum Gasteiger partial charge on any atom is 0.343 e. The zero-order valence-corrected chi connectivity index (χ0v) is 20.8. The van der Waals surface area contributed by atoms with Crippen LogP contribution in [-0.4, -0.2) is 31.1 Å². The minimum absolute atomic E-state index is 0.161. The molecule has 0 saturated carbocycles. The first kappa shape index (κ1) is 25.7. The molecule has 0 spiro atoms. The van der Waals surface area contributed by atoms with Gasteiger partial charge in [0.25, 0.3) is 0 Å². The molecule has 0 aromatic heterocycles. The Bertz CT molecular complexity index is 1530. The molecule has 0 aliphatic rings. The number of hydrogen-bond acceptors (Lipinski definition) is 6. The lowest BCUT2D eigenvalue weighted by Gasteiger charge is -2.10. The van der Waals surface area contributed by atoms with Crippen LogP contribution in [0.5, 0.6) is 11.5 Å². The van der Waals surface area contributed by atoms with Gasteiger partial charge in [0.1, 0.15) is 0 Å². The quantitative estimate of drug-likeness (QED) is 0.112. The molecule has 37 heavy (non-hydrogen) atoms. The average Bonchev–Trinajstić information content (AvgIpc) is 2.91. The lowest BCUT2D eigenvalue weighted by molar-refractivity contribution is -0.136. The number of nitrogens with one attached hydrogen (secondary N) is 2. The van der Waals surface area contributed by atoms with E-state index in [4.69, 9.17) is 32.7 Å². The third-order valence-corrected chi connectivity index (χ3v) is 5.91. The van der Waals surface area contributed by atoms with E-state index in [0.717, 1.165) is 10.8 Å². The molecule has 0 saturated heterocycles. The molecule has 10 heteroatoms. The fourth-order valence-corrected chi connectivity index (χ4v) is 3.66. The highest BCUT2D eigenvalue weighted by Gasteiger charge is 2.16. The number of esters is 1. The van der Waals surface area contributed by atoms with Crippen LogP contribution in [0.15, 0.2) is 84.0 Å². The van der Waals surface area contributed by atoms with Gasteiger partial charge in [-0.2, -0.15) is 5.10 Å². The lowest BCUT2D eigenvalue weighted by Crippen LogP contribution is -2.32. The molecule has 2 amide bonds. The molecule has 0 heterocycles. The second-order valence-electron chi connectivity index (χ2n) is 7.61. The van der Waals surface area contributed by atoms with Crippen LogP contribution in [0.3, 0.4) is 0 Å². The average molecular weight is 536 g/mol. The number of amides is 2. The van der Waals surface area contributed by atoms with E-state index in [0.29, 0.717) is 16.3 Å². The van der Waals surface area contributed by atoms with Crippen LogP contribution in [0, 0.1) is 0 Å². The fourth-order valence-electron chi connectivity index (χ4n) is 3.36. The minimum Gasteiger partial charge on any atom is -0.493 e. The molecule has 4 aromatic carbocycles. The molecule has 0 unspecified atom stereocenters. The second kappa shape index (κ2) is 11.6. The summed E-state index contributed by atoms with van der Waals surface area (Å²) < 4.78 is 10.7. The summed E-state index contributed by atoms with van der Waals surface area (Å²) in [7, 11) is 1.41. The topological polar surface area (TPSA) is 106 Å². The molecule has 0 aliphatic heterocycles. The Balaban J connectivity index is 1.38. The van der Waals surface area contributed by atoms with Crippen molar-refractivity contribution in [2.45, 2.75) is 0 Å². The van der Waals surface area contributed by atoms with E-state index in [1.807, 2.05) is 30.3 Å². The van der Waals surface area contributed by atoms with Gasteiger partial charge in [0.2, 0.25) is 0 Å². The van der Waals surface area contributed by atoms with Crippen molar-refractivity contribution in [1.29, 1.82) is 0 Å². The summed E-state index contributed by atoms with van der Waals surface area (Å²) in [6, 6.07) is 21.9. The summed E-state index contributed by atoms with van der Waals surface area (Å²) in [5, 5.41) is 8.69. The molecule has 8 nitrogen and oxygen atoms in total. The largest absolute Gasteiger partial charge is 0.493 e. The van der Waals surface area contributed by atoms with Gasteiger partial charge in [0, 0.05) is 11.1 Å². The van der Waals surface area contributed by atoms with Crippen molar-refractivity contribution in [1.82, 2.24) is 5.43 Å². The van der Waals surface area contributed by atoms with Crippen molar-refractivity contribution in [3.63, 3.8) is 0 Å². The van der Waals surface area contributed by atoms with E-state index in [2.05, 4.69) is 15.8 Å². The predicted octanol–water partition coefficient (Wildman–Crippen LogP) is 5.46. The maximum absolute atomic E-state index is 12.5. The first-order chi connectivity index (χ1) is 17.9. The Labute approximate surface area is 221 Å². The SMILES string of the molecule is COc1cc(C=NNC(=O)C(=O)Nc2cccc3ccccc23)ccc1OC(=O)c1ccc(Cl)c(Cl)c1. The van der Waals surface area contributed by atoms with Gasteiger partial charge in [-0.05, 0) is 53.4 Å². The molecule has 4 aromatic rings. The Morgan fingerprint density at radius 3 is 2.41 bits per heavy atom. The van der Waals surface area contributed by atoms with Crippen molar-refractivity contribution in [2.75, 3.05) is 12.4 Å². The lowest BCUT2D eigenvalue weighted by atomic mass is 10.1. The zero-order chi connectivity index (χ0) is 26.4. The minimum atomic E-state index is -0.941. The molecular weight excluding hydrogens is 517 g/mol. The van der Waals surface area contributed by atoms with E-state index >= 15 is 0 Å². The van der Waals surface area contributed by atoms with Crippen molar-refractivity contribution >= 4 is 63.7 Å². The number of ether oxygens (including phenoxy) is 2. The maximum atomic E-state index is 12.5. The normalized spacial score (nSPS) is 10.8. The Morgan fingerprint density at radius 1 is 0.838 bits per heavy atom. The number of halogens is 2. The van der Waals surface area contributed by atoms with Crippen LogP contribution in [0.25, 0.3) is 10.8 Å². The van der Waals surface area contributed by atoms with Gasteiger partial charge in [0.05, 0.1) is 28.9 Å². The summed E-state index contributed by atoms with van der Waals surface area (Å²) in [6.07, 6.45) is 1.32. The molecular formula is C27H19Cl2N3O5. The molecule has 0 radical (unpaired) electrons. The van der Waals surface area contributed by atoms with Crippen molar-refractivity contribution in [3.05, 3.63) is 100 Å². The monoisotopic (exact) mass is 535 g/mol. The number of hydrazone groups is 1. The second-order valence-corrected chi connectivity index (χ2v) is 8.42. The van der Waals surface area contributed by atoms with Gasteiger partial charge in [-0.1, -0.05) is 59.6 Å². The van der Waals surface area contributed by atoms with E-state index in [1.165, 1.54) is 37.6 Å². The number of hydrogen-bond donors (Lipinski definition) is 2. The number of methoxy groups -OCH3 is 1. The van der Waals surface area contributed by atoms with Crippen molar-refractivity contribution < 1.29 is 23.9 Å². The summed E-state index contributed by atoms with van der Waals surface area (Å²) >= 11 is 11.8. The van der Waals surface area contributed by atoms with E-state index in [-0.39, 0.29) is 22.1 Å². The summed E-state index contributed by atoms with van der Waals surface area (Å²) in [5.74, 6) is -2.05. The van der Waals surface area contributed by atoms with Crippen LogP contribution < -0.4 is 20.2 Å². The highest BCUT2D eigenvalue weighted by Crippen LogP contribution is 2.29. The smallest absolute Gasteiger partial charge is 0.343 e. The molecule has 0 aliphatic carbocycles. The Kier molecular flexibility index (Phi) is 8.02. The molecule has 4 rings (SSSR count). The van der Waals surface area contributed by atoms with Crippen LogP contribution in [0.1, 0.15) is 15.9 Å². The van der Waals surface area contributed by atoms with Gasteiger partial charge < -0.3 is 14.8 Å². The summed E-state index contributed by atoms with van der Waals surface area (Å²) in [6.45, 7) is 0. The first-order valence-corrected chi connectivity index (χ1v) is 11.6. The number of carbonyl (C=O) groups is 3. The van der Waals surface area contributed by atoms with Gasteiger partial charge in [-0.15, -0.1) is 0 Å². The van der Waals surface area contributed by atoms with E-state index in [1.54, 1.807) is 24.3 Å². The number of rotatable bonds is 6. The van der Waals surface area contributed by atoms with Crippen LogP contribution in [0.2, 0.25) is 10.0 Å². The third kappa shape index (κ3) is 6.24. The molecule has 0 bridgehead atoms. The van der Waals surface area contributed by atoms with Crippen LogP contribution in [0.4, 0.5) is 5.69 Å². The summed E-state index contributed by atoms with van der Waals surface area (Å²) in [4.78, 5) is 37.0. The Hall–Kier alpha value is -4.40. The van der Waals surface area contributed by atoms with Gasteiger partial charge in [-0.25, -0.2) is 10.2 Å². The molecule has 186 valence electrons. The van der Waals surface area contributed by atoms with E-state index < -0.39 is 17.8 Å². The van der Waals surface area contributed by atoms with Gasteiger partial charge in [0.15, 0.2) is 11.5 Å². The van der Waals surface area contributed by atoms with Crippen molar-refractivity contribution in [3.8, 4) is 11.5 Å². The Morgan fingerprint density at radius 2 is 1.62 bits per heavy atom. The summed E-state index contributed by atoms with van der Waals surface area (Å²) in [5.41, 5.74) is 3.43. The number of nitrogens with zero attached hydrogens (tertiary/aromatic N) is 1. The van der Waals surface area contributed by atoms with Crippen LogP contribution in [-0.2, 0) is 9.59 Å². The number of anilines is 1. The van der Waals surface area contributed by atoms with Gasteiger partial charge in [-0.3, -0.25) is 9.59 Å². The molecule has 2 N–H and O–H groups in total. The zero-order valence-electron chi connectivity index (χ0n) is 19.3. The van der Waals surface area contributed by atoms with Crippen LogP contribution >= 0.6 is 23.2 Å². The van der Waals surface area contributed by atoms with Gasteiger partial charge >= 0.3 is 17.8 Å². The number of benzene rings is 4. The molecule has 0 fully saturated rings. The fraction of sp³-hybridized carbons (Fsp3) is 0.0370. The first-order valence-electron chi connectivity index (χ1n) is 10.8. The molecule has 0 atom stereocenters. The highest BCUT2D eigenvalue weighted by molar-refractivity contribution is 6.42. The van der Waals surface area contributed by atoms with Crippen molar-refractivity contribution in [2.24, 2.45) is 5.10 Å². The highest BCUT2D eigenvalue weighted by atomic mass is 35.5. The number of carbonyl (C=O) groups excluding carboxylic acids is 3. The standard InChI is InChI=1S/C27H19Cl2N3O5/c1-36-24-13-16(9-12-23(24)37-27(35)18-10-11-20(28)21(29)14-18)15-30-32-26(34)25(33)31-22-8-4-6-17-5-2-3-7-19(17)22/h2-15H,1H3,(H,31,33)(H,32,34). The number of fused-ring (bicyclic) bond motifs is 1. The van der Waals surface area contributed by atoms with E-state index in [9.17, 15) is 14.4 Å². The predicted molar refractivity (Wildman–Crippen MR) is 143 cm³/mol.